The highest BCUT2D eigenvalue weighted by Crippen LogP contribution is 2.06. The highest BCUT2D eigenvalue weighted by molar-refractivity contribution is 6.59. The van der Waals surface area contributed by atoms with Crippen molar-refractivity contribution in [3.8, 4) is 0 Å². The smallest absolute Gasteiger partial charge is 0.423 e. The van der Waals surface area contributed by atoms with Crippen LogP contribution in [0.25, 0.3) is 0 Å². The summed E-state index contributed by atoms with van der Waals surface area (Å²) < 4.78 is 0. The second kappa shape index (κ2) is 7.44. The van der Waals surface area contributed by atoms with E-state index < -0.39 is 7.12 Å². The van der Waals surface area contributed by atoms with Crippen LogP contribution >= 0.6 is 0 Å². The third kappa shape index (κ3) is 4.35. The quantitative estimate of drug-likeness (QED) is 0.462. The van der Waals surface area contributed by atoms with E-state index in [2.05, 4.69) is 0 Å². The first-order valence-electron chi connectivity index (χ1n) is 5.89. The summed E-state index contributed by atoms with van der Waals surface area (Å²) in [5, 5.41) is 18.4. The Labute approximate surface area is 97.4 Å². The zero-order valence-corrected chi connectivity index (χ0v) is 9.60. The fourth-order valence-corrected chi connectivity index (χ4v) is 1.83. The molecule has 3 nitrogen and oxygen atoms in total. The van der Waals surface area contributed by atoms with Gasteiger partial charge in [-0.3, -0.25) is 0 Å². The Balaban J connectivity index is 2.41. The summed E-state index contributed by atoms with van der Waals surface area (Å²) >= 11 is 0. The van der Waals surface area contributed by atoms with E-state index in [1.54, 1.807) is 6.07 Å². The topological polar surface area (TPSA) is 66.5 Å². The predicted octanol–water partition coefficient (Wildman–Crippen LogP) is 0.428. The van der Waals surface area contributed by atoms with Crippen LogP contribution in [0.5, 0.6) is 0 Å². The summed E-state index contributed by atoms with van der Waals surface area (Å²) in [6.07, 6.45) is 5.35. The Hall–Kier alpha value is -0.835. The molecule has 4 heteroatoms. The molecule has 0 saturated carbocycles. The van der Waals surface area contributed by atoms with Crippen molar-refractivity contribution in [3.05, 3.63) is 29.8 Å². The van der Waals surface area contributed by atoms with Crippen LogP contribution in [-0.4, -0.2) is 23.7 Å². The van der Waals surface area contributed by atoms with E-state index in [9.17, 15) is 10.0 Å². The Morgan fingerprint density at radius 1 is 1.00 bits per heavy atom. The lowest BCUT2D eigenvalue weighted by Gasteiger charge is -2.08. The number of unbranched alkanes of at least 4 members (excludes halogenated alkanes) is 3. The van der Waals surface area contributed by atoms with Gasteiger partial charge in [0.1, 0.15) is 0 Å². The molecule has 4 N–H and O–H groups in total. The van der Waals surface area contributed by atoms with Crippen LogP contribution in [0.2, 0.25) is 0 Å². The maximum absolute atomic E-state index is 9.18. The normalized spacial score (nSPS) is 10.4. The van der Waals surface area contributed by atoms with Crippen molar-refractivity contribution in [2.75, 3.05) is 6.54 Å². The summed E-state index contributed by atoms with van der Waals surface area (Å²) in [6, 6.07) is 7.48. The van der Waals surface area contributed by atoms with Gasteiger partial charge in [0.2, 0.25) is 0 Å². The monoisotopic (exact) mass is 221 g/mol. The fourth-order valence-electron chi connectivity index (χ4n) is 1.83. The lowest BCUT2D eigenvalue weighted by molar-refractivity contribution is 0.425. The Bertz CT molecular complexity index is 305. The van der Waals surface area contributed by atoms with Gasteiger partial charge in [-0.1, -0.05) is 37.1 Å². The standard InChI is InChI=1S/C12H20BNO2/c14-10-6-2-1-3-7-11-8-4-5-9-12(11)13(15)16/h4-5,8-9,15-16H,1-3,6-7,10,14H2. The maximum atomic E-state index is 9.18. The molecule has 0 spiro atoms. The third-order valence-electron chi connectivity index (χ3n) is 2.73. The average molecular weight is 221 g/mol. The maximum Gasteiger partial charge on any atom is 0.488 e. The second-order valence-electron chi connectivity index (χ2n) is 4.03. The largest absolute Gasteiger partial charge is 0.488 e. The molecule has 1 aromatic carbocycles. The van der Waals surface area contributed by atoms with E-state index in [1.165, 1.54) is 0 Å². The molecular weight excluding hydrogens is 201 g/mol. The van der Waals surface area contributed by atoms with Gasteiger partial charge in [-0.05, 0) is 36.8 Å². The van der Waals surface area contributed by atoms with Crippen LogP contribution in [-0.2, 0) is 6.42 Å². The molecule has 0 saturated heterocycles. The van der Waals surface area contributed by atoms with Gasteiger partial charge in [-0.25, -0.2) is 0 Å². The van der Waals surface area contributed by atoms with Crippen LogP contribution < -0.4 is 11.2 Å². The second-order valence-corrected chi connectivity index (χ2v) is 4.03. The van der Waals surface area contributed by atoms with Crippen molar-refractivity contribution in [1.82, 2.24) is 0 Å². The lowest BCUT2D eigenvalue weighted by atomic mass is 9.76. The number of nitrogens with two attached hydrogens (primary N) is 1. The van der Waals surface area contributed by atoms with Gasteiger partial charge in [0.25, 0.3) is 0 Å². The number of rotatable bonds is 7. The van der Waals surface area contributed by atoms with E-state index in [0.29, 0.717) is 5.46 Å². The molecule has 0 atom stereocenters. The van der Waals surface area contributed by atoms with Gasteiger partial charge in [0.15, 0.2) is 0 Å². The average Bonchev–Trinajstić information content (AvgIpc) is 2.29. The summed E-state index contributed by atoms with van der Waals surface area (Å²) in [6.45, 7) is 0.756. The molecule has 0 bridgehead atoms. The van der Waals surface area contributed by atoms with Crippen LogP contribution in [0.15, 0.2) is 24.3 Å². The molecule has 1 rings (SSSR count). The van der Waals surface area contributed by atoms with Crippen molar-refractivity contribution in [2.24, 2.45) is 5.73 Å². The molecule has 0 radical (unpaired) electrons. The van der Waals surface area contributed by atoms with Crippen molar-refractivity contribution in [1.29, 1.82) is 0 Å². The summed E-state index contributed by atoms with van der Waals surface area (Å²) in [5.41, 5.74) is 7.08. The molecule has 0 heterocycles. The van der Waals surface area contributed by atoms with E-state index >= 15 is 0 Å². The summed E-state index contributed by atoms with van der Waals surface area (Å²) in [7, 11) is -1.36. The molecule has 16 heavy (non-hydrogen) atoms. The highest BCUT2D eigenvalue weighted by Gasteiger charge is 2.14. The van der Waals surface area contributed by atoms with Gasteiger partial charge >= 0.3 is 7.12 Å². The highest BCUT2D eigenvalue weighted by atomic mass is 16.4. The van der Waals surface area contributed by atoms with E-state index in [4.69, 9.17) is 5.73 Å². The van der Waals surface area contributed by atoms with Crippen molar-refractivity contribution < 1.29 is 10.0 Å². The van der Waals surface area contributed by atoms with Crippen LogP contribution in [0.1, 0.15) is 31.2 Å². The van der Waals surface area contributed by atoms with Crippen molar-refractivity contribution >= 4 is 12.6 Å². The van der Waals surface area contributed by atoms with E-state index in [-0.39, 0.29) is 0 Å². The Morgan fingerprint density at radius 3 is 2.38 bits per heavy atom. The summed E-state index contributed by atoms with van der Waals surface area (Å²) in [5.74, 6) is 0. The first kappa shape index (κ1) is 13.2. The number of hydrogen-bond acceptors (Lipinski definition) is 3. The van der Waals surface area contributed by atoms with Crippen molar-refractivity contribution in [2.45, 2.75) is 32.1 Å². The Kier molecular flexibility index (Phi) is 6.15. The number of aryl methyl sites for hydroxylation is 1. The minimum atomic E-state index is -1.36. The molecule has 88 valence electrons. The Morgan fingerprint density at radius 2 is 1.69 bits per heavy atom. The van der Waals surface area contributed by atoms with Crippen LogP contribution in [0, 0.1) is 0 Å². The van der Waals surface area contributed by atoms with Gasteiger partial charge in [-0.15, -0.1) is 0 Å². The third-order valence-corrected chi connectivity index (χ3v) is 2.73. The molecule has 0 amide bonds. The van der Waals surface area contributed by atoms with Gasteiger partial charge in [0.05, 0.1) is 0 Å². The predicted molar refractivity (Wildman–Crippen MR) is 67.5 cm³/mol. The zero-order chi connectivity index (χ0) is 11.8. The summed E-state index contributed by atoms with van der Waals surface area (Å²) in [4.78, 5) is 0. The molecule has 0 aromatic heterocycles. The minimum absolute atomic E-state index is 0.626. The van der Waals surface area contributed by atoms with Gasteiger partial charge in [0, 0.05) is 0 Å². The molecule has 0 aliphatic heterocycles. The molecule has 0 unspecified atom stereocenters. The fraction of sp³-hybridized carbons (Fsp3) is 0.500. The van der Waals surface area contributed by atoms with Gasteiger partial charge < -0.3 is 15.8 Å². The first-order valence-corrected chi connectivity index (χ1v) is 5.89. The molecule has 1 aromatic rings. The zero-order valence-electron chi connectivity index (χ0n) is 9.60. The van der Waals surface area contributed by atoms with Crippen LogP contribution in [0.3, 0.4) is 0 Å². The van der Waals surface area contributed by atoms with Gasteiger partial charge in [-0.2, -0.15) is 0 Å². The van der Waals surface area contributed by atoms with E-state index in [0.717, 1.165) is 44.2 Å². The molecule has 0 aliphatic rings. The molecular formula is C12H20BNO2. The lowest BCUT2D eigenvalue weighted by Crippen LogP contribution is -2.32. The number of benzene rings is 1. The molecule has 0 aliphatic carbocycles. The number of hydrogen-bond donors (Lipinski definition) is 3. The SMILES string of the molecule is NCCCCCCc1ccccc1B(O)O. The van der Waals surface area contributed by atoms with Crippen LogP contribution in [0.4, 0.5) is 0 Å². The minimum Gasteiger partial charge on any atom is -0.423 e. The van der Waals surface area contributed by atoms with E-state index in [1.807, 2.05) is 18.2 Å². The first-order chi connectivity index (χ1) is 7.75. The molecule has 0 fully saturated rings. The van der Waals surface area contributed by atoms with Crippen molar-refractivity contribution in [3.63, 3.8) is 0 Å².